The molecule has 0 bridgehead atoms. The summed E-state index contributed by atoms with van der Waals surface area (Å²) in [5.41, 5.74) is 0. The minimum absolute atomic E-state index is 0.0619. The van der Waals surface area contributed by atoms with Crippen molar-refractivity contribution in [3.05, 3.63) is 12.2 Å². The van der Waals surface area contributed by atoms with Gasteiger partial charge in [0.1, 0.15) is 13.2 Å². The summed E-state index contributed by atoms with van der Waals surface area (Å²) < 4.78 is 17.0. The molecule has 0 saturated carbocycles. The normalized spacial score (nSPS) is 12.0. The minimum Gasteiger partial charge on any atom is -0.462 e. The Morgan fingerprint density at radius 3 is 0.641 bits per heavy atom. The van der Waals surface area contributed by atoms with Crippen molar-refractivity contribution in [1.29, 1.82) is 0 Å². The zero-order chi connectivity index (χ0) is 56.4. The summed E-state index contributed by atoms with van der Waals surface area (Å²) in [5.74, 6) is -0.829. The number of allylic oxidation sites excluding steroid dienone is 2. The van der Waals surface area contributed by atoms with E-state index >= 15 is 0 Å². The lowest BCUT2D eigenvalue weighted by Gasteiger charge is -2.18. The molecule has 0 saturated heterocycles. The molecular weight excluding hydrogens is 961 g/mol. The molecule has 0 aliphatic heterocycles. The van der Waals surface area contributed by atoms with Gasteiger partial charge in [0.2, 0.25) is 0 Å². The molecular formula is C72H138O6. The summed E-state index contributed by atoms with van der Waals surface area (Å²) in [6.45, 7) is 6.71. The fourth-order valence-corrected chi connectivity index (χ4v) is 11.2. The van der Waals surface area contributed by atoms with Crippen LogP contribution >= 0.6 is 0 Å². The smallest absolute Gasteiger partial charge is 0.306 e. The average molecular weight is 1100 g/mol. The number of hydrogen-bond donors (Lipinski definition) is 0. The van der Waals surface area contributed by atoms with E-state index in [0.29, 0.717) is 19.3 Å². The van der Waals surface area contributed by atoms with Crippen LogP contribution in [0.25, 0.3) is 0 Å². The maximum atomic E-state index is 12.9. The van der Waals surface area contributed by atoms with Gasteiger partial charge in [-0.15, -0.1) is 0 Å². The van der Waals surface area contributed by atoms with Gasteiger partial charge in [-0.25, -0.2) is 0 Å². The number of hydrogen-bond acceptors (Lipinski definition) is 6. The molecule has 462 valence electrons. The Balaban J connectivity index is 4.03. The molecule has 6 nitrogen and oxygen atoms in total. The van der Waals surface area contributed by atoms with Crippen molar-refractivity contribution in [1.82, 2.24) is 0 Å². The van der Waals surface area contributed by atoms with E-state index in [0.717, 1.165) is 57.8 Å². The summed E-state index contributed by atoms with van der Waals surface area (Å²) in [4.78, 5) is 38.3. The lowest BCUT2D eigenvalue weighted by molar-refractivity contribution is -0.167. The second-order valence-electron chi connectivity index (χ2n) is 24.5. The Morgan fingerprint density at radius 2 is 0.423 bits per heavy atom. The van der Waals surface area contributed by atoms with Gasteiger partial charge in [-0.1, -0.05) is 360 Å². The third-order valence-electron chi connectivity index (χ3n) is 16.5. The zero-order valence-electron chi connectivity index (χ0n) is 53.2. The van der Waals surface area contributed by atoms with E-state index in [1.807, 2.05) is 0 Å². The first-order chi connectivity index (χ1) is 38.5. The van der Waals surface area contributed by atoms with E-state index in [1.54, 1.807) is 0 Å². The van der Waals surface area contributed by atoms with Gasteiger partial charge in [0.05, 0.1) is 0 Å². The molecule has 1 atom stereocenters. The van der Waals surface area contributed by atoms with E-state index in [2.05, 4.69) is 32.9 Å². The van der Waals surface area contributed by atoms with E-state index in [4.69, 9.17) is 14.2 Å². The van der Waals surface area contributed by atoms with Crippen LogP contribution in [0.3, 0.4) is 0 Å². The first-order valence-electron chi connectivity index (χ1n) is 35.7. The van der Waals surface area contributed by atoms with Crippen LogP contribution in [-0.2, 0) is 28.6 Å². The molecule has 0 aliphatic carbocycles. The van der Waals surface area contributed by atoms with Crippen LogP contribution in [0.1, 0.15) is 412 Å². The van der Waals surface area contributed by atoms with E-state index in [-0.39, 0.29) is 31.1 Å². The zero-order valence-corrected chi connectivity index (χ0v) is 53.2. The Morgan fingerprint density at radius 1 is 0.244 bits per heavy atom. The predicted octanol–water partition coefficient (Wildman–Crippen LogP) is 24.4. The molecule has 0 rings (SSSR count). The van der Waals surface area contributed by atoms with Crippen LogP contribution in [0.4, 0.5) is 0 Å². The van der Waals surface area contributed by atoms with Gasteiger partial charge in [0.25, 0.3) is 0 Å². The molecule has 78 heavy (non-hydrogen) atoms. The van der Waals surface area contributed by atoms with Gasteiger partial charge >= 0.3 is 17.9 Å². The number of carbonyl (C=O) groups excluding carboxylic acids is 3. The molecule has 0 aromatic heterocycles. The molecule has 6 heteroatoms. The number of unbranched alkanes of at least 4 members (excludes halogenated alkanes) is 54. The number of esters is 3. The second-order valence-corrected chi connectivity index (χ2v) is 24.5. The van der Waals surface area contributed by atoms with E-state index in [9.17, 15) is 14.4 Å². The standard InChI is InChI=1S/C72H138O6/c1-4-7-10-13-16-19-22-24-26-28-29-30-31-32-33-34-35-36-37-38-39-40-41-42-43-44-46-47-50-53-56-59-62-65-71(74)77-68-69(67-76-70(73)64-61-58-55-52-49-21-18-15-12-9-6-3)78-72(75)66-63-60-57-54-51-48-45-27-25-23-20-17-14-11-8-5-2/h28-29,69H,4-27,30-68H2,1-3H3/b29-28-. The van der Waals surface area contributed by atoms with Gasteiger partial charge in [0, 0.05) is 19.3 Å². The average Bonchev–Trinajstić information content (AvgIpc) is 3.44. The Bertz CT molecular complexity index is 1210. The molecule has 0 aliphatic rings. The number of carbonyl (C=O) groups is 3. The topological polar surface area (TPSA) is 78.9 Å². The third-order valence-corrected chi connectivity index (χ3v) is 16.5. The fraction of sp³-hybridized carbons (Fsp3) is 0.931. The molecule has 0 fully saturated rings. The van der Waals surface area contributed by atoms with Gasteiger partial charge in [-0.05, 0) is 44.9 Å². The van der Waals surface area contributed by atoms with Crippen molar-refractivity contribution in [2.75, 3.05) is 13.2 Å². The van der Waals surface area contributed by atoms with Crippen molar-refractivity contribution >= 4 is 17.9 Å². The van der Waals surface area contributed by atoms with Crippen molar-refractivity contribution in [3.63, 3.8) is 0 Å². The van der Waals surface area contributed by atoms with Crippen LogP contribution in [0.5, 0.6) is 0 Å². The summed E-state index contributed by atoms with van der Waals surface area (Å²) in [5, 5.41) is 0. The maximum absolute atomic E-state index is 12.9. The summed E-state index contributed by atoms with van der Waals surface area (Å²) >= 11 is 0. The van der Waals surface area contributed by atoms with Crippen molar-refractivity contribution < 1.29 is 28.6 Å². The molecule has 0 heterocycles. The summed E-state index contributed by atoms with van der Waals surface area (Å²) in [6, 6.07) is 0. The number of ether oxygens (including phenoxy) is 3. The van der Waals surface area contributed by atoms with Crippen molar-refractivity contribution in [3.8, 4) is 0 Å². The molecule has 0 aromatic carbocycles. The van der Waals surface area contributed by atoms with Crippen molar-refractivity contribution in [2.24, 2.45) is 0 Å². The fourth-order valence-electron chi connectivity index (χ4n) is 11.2. The maximum Gasteiger partial charge on any atom is 0.306 e. The van der Waals surface area contributed by atoms with Crippen LogP contribution in [0.2, 0.25) is 0 Å². The highest BCUT2D eigenvalue weighted by atomic mass is 16.6. The van der Waals surface area contributed by atoms with Gasteiger partial charge in [0.15, 0.2) is 6.10 Å². The molecule has 0 spiro atoms. The highest BCUT2D eigenvalue weighted by Gasteiger charge is 2.19. The van der Waals surface area contributed by atoms with Crippen LogP contribution in [0.15, 0.2) is 12.2 Å². The van der Waals surface area contributed by atoms with Gasteiger partial charge < -0.3 is 14.2 Å². The lowest BCUT2D eigenvalue weighted by atomic mass is 10.0. The minimum atomic E-state index is -0.763. The summed E-state index contributed by atoms with van der Waals surface area (Å²) in [7, 11) is 0. The van der Waals surface area contributed by atoms with Gasteiger partial charge in [-0.3, -0.25) is 14.4 Å². The van der Waals surface area contributed by atoms with Crippen LogP contribution in [0, 0.1) is 0 Å². The van der Waals surface area contributed by atoms with Crippen LogP contribution in [-0.4, -0.2) is 37.2 Å². The molecule has 0 amide bonds. The molecule has 0 radical (unpaired) electrons. The molecule has 0 aromatic rings. The predicted molar refractivity (Wildman–Crippen MR) is 340 cm³/mol. The Labute approximate surface area is 488 Å². The number of rotatable bonds is 67. The third kappa shape index (κ3) is 65.0. The van der Waals surface area contributed by atoms with E-state index in [1.165, 1.54) is 315 Å². The Hall–Kier alpha value is -1.85. The Kier molecular flexibility index (Phi) is 66.0. The first-order valence-corrected chi connectivity index (χ1v) is 35.7. The quantitative estimate of drug-likeness (QED) is 0.0261. The van der Waals surface area contributed by atoms with Crippen LogP contribution < -0.4 is 0 Å². The molecule has 1 unspecified atom stereocenters. The summed E-state index contributed by atoms with van der Waals surface area (Å²) in [6.07, 6.45) is 81.2. The molecule has 0 N–H and O–H groups in total. The first kappa shape index (κ1) is 76.1. The second kappa shape index (κ2) is 67.7. The van der Waals surface area contributed by atoms with Crippen molar-refractivity contribution in [2.45, 2.75) is 419 Å². The largest absolute Gasteiger partial charge is 0.462 e. The SMILES string of the molecule is CCCCCCCCCC/C=C\CCCCCCCCCCCCCCCCCCCCCCCC(=O)OCC(COC(=O)CCCCCCCCCCCCC)OC(=O)CCCCCCCCCCCCCCCCCC. The van der Waals surface area contributed by atoms with Gasteiger partial charge in [-0.2, -0.15) is 0 Å². The highest BCUT2D eigenvalue weighted by molar-refractivity contribution is 5.71. The monoisotopic (exact) mass is 1100 g/mol. The highest BCUT2D eigenvalue weighted by Crippen LogP contribution is 2.19. The van der Waals surface area contributed by atoms with E-state index < -0.39 is 6.10 Å². The lowest BCUT2D eigenvalue weighted by Crippen LogP contribution is -2.30.